The number of benzene rings is 1. The summed E-state index contributed by atoms with van der Waals surface area (Å²) in [6.07, 6.45) is -2.31. The van der Waals surface area contributed by atoms with Gasteiger partial charge in [-0.15, -0.1) is 0 Å². The van der Waals surface area contributed by atoms with Crippen LogP contribution in [0.3, 0.4) is 0 Å². The van der Waals surface area contributed by atoms with Gasteiger partial charge in [-0.05, 0) is 31.0 Å². The molecule has 1 atom stereocenters. The van der Waals surface area contributed by atoms with E-state index >= 15 is 0 Å². The summed E-state index contributed by atoms with van der Waals surface area (Å²) in [6.45, 7) is 4.51. The van der Waals surface area contributed by atoms with Gasteiger partial charge in [0.05, 0.1) is 5.56 Å². The molecule has 1 amide bonds. The highest BCUT2D eigenvalue weighted by molar-refractivity contribution is 5.77. The van der Waals surface area contributed by atoms with Gasteiger partial charge < -0.3 is 14.5 Å². The summed E-state index contributed by atoms with van der Waals surface area (Å²) in [5.41, 5.74) is 0.00651. The van der Waals surface area contributed by atoms with Crippen molar-refractivity contribution in [1.82, 2.24) is 9.80 Å². The molecular formula is C19H26F3N3O2. The van der Waals surface area contributed by atoms with Crippen molar-refractivity contribution in [2.75, 3.05) is 57.9 Å². The Labute approximate surface area is 157 Å². The zero-order chi connectivity index (χ0) is 19.4. The second-order valence-electron chi connectivity index (χ2n) is 7.14. The van der Waals surface area contributed by atoms with Crippen molar-refractivity contribution in [3.8, 4) is 0 Å². The van der Waals surface area contributed by atoms with Crippen LogP contribution in [0.1, 0.15) is 18.4 Å². The molecule has 1 aromatic carbocycles. The Hall–Kier alpha value is -1.80. The summed E-state index contributed by atoms with van der Waals surface area (Å²) in [5, 5.41) is 0. The van der Waals surface area contributed by atoms with E-state index in [-0.39, 0.29) is 12.5 Å². The minimum atomic E-state index is -4.32. The fraction of sp³-hybridized carbons (Fsp3) is 0.632. The number of piperidine rings is 1. The van der Waals surface area contributed by atoms with Crippen molar-refractivity contribution >= 4 is 11.6 Å². The van der Waals surface area contributed by atoms with Gasteiger partial charge in [0.1, 0.15) is 6.61 Å². The number of nitrogens with zero attached hydrogens (tertiary/aromatic N) is 3. The third-order valence-electron chi connectivity index (χ3n) is 5.39. The summed E-state index contributed by atoms with van der Waals surface area (Å²) >= 11 is 0. The van der Waals surface area contributed by atoms with E-state index in [1.54, 1.807) is 6.07 Å². The molecule has 0 unspecified atom stereocenters. The standard InChI is InChI=1S/C19H26F3N3O2/c1-27-14-18(26)25-7-3-6-17(13-25)24-10-8-23(9-11-24)16-5-2-4-15(12-16)19(20,21)22/h2,4-5,12,17H,3,6-11,13-14H2,1H3/t17-/m0/s1. The van der Waals surface area contributed by atoms with Crippen LogP contribution in [0.5, 0.6) is 0 Å². The van der Waals surface area contributed by atoms with E-state index in [1.807, 2.05) is 9.80 Å². The summed E-state index contributed by atoms with van der Waals surface area (Å²) < 4.78 is 43.7. The molecule has 0 aliphatic carbocycles. The van der Waals surface area contributed by atoms with Gasteiger partial charge in [0.2, 0.25) is 5.91 Å². The SMILES string of the molecule is COCC(=O)N1CCC[C@H](N2CCN(c3cccc(C(F)(F)F)c3)CC2)C1. The Kier molecular flexibility index (Phi) is 6.26. The van der Waals surface area contributed by atoms with Crippen LogP contribution in [0, 0.1) is 0 Å². The summed E-state index contributed by atoms with van der Waals surface area (Å²) in [6, 6.07) is 5.83. The maximum Gasteiger partial charge on any atom is 0.416 e. The van der Waals surface area contributed by atoms with Crippen LogP contribution in [0.25, 0.3) is 0 Å². The first-order chi connectivity index (χ1) is 12.9. The molecule has 8 heteroatoms. The molecule has 2 aliphatic heterocycles. The van der Waals surface area contributed by atoms with Crippen LogP contribution < -0.4 is 4.90 Å². The largest absolute Gasteiger partial charge is 0.416 e. The van der Waals surface area contributed by atoms with Crippen molar-refractivity contribution in [2.24, 2.45) is 0 Å². The second kappa shape index (κ2) is 8.48. The molecule has 0 radical (unpaired) electrons. The van der Waals surface area contributed by atoms with E-state index in [0.717, 1.165) is 38.5 Å². The number of halogens is 3. The predicted molar refractivity (Wildman–Crippen MR) is 96.7 cm³/mol. The zero-order valence-corrected chi connectivity index (χ0v) is 15.5. The number of amides is 1. The smallest absolute Gasteiger partial charge is 0.375 e. The van der Waals surface area contributed by atoms with E-state index in [2.05, 4.69) is 4.90 Å². The van der Waals surface area contributed by atoms with Crippen LogP contribution >= 0.6 is 0 Å². The molecule has 0 spiro atoms. The average molecular weight is 385 g/mol. The molecule has 150 valence electrons. The first-order valence-electron chi connectivity index (χ1n) is 9.31. The zero-order valence-electron chi connectivity index (χ0n) is 15.5. The monoisotopic (exact) mass is 385 g/mol. The minimum Gasteiger partial charge on any atom is -0.375 e. The molecule has 1 aromatic rings. The van der Waals surface area contributed by atoms with Gasteiger partial charge in [0.25, 0.3) is 0 Å². The van der Waals surface area contributed by atoms with Gasteiger partial charge in [0, 0.05) is 58.1 Å². The lowest BCUT2D eigenvalue weighted by atomic mass is 10.0. The van der Waals surface area contributed by atoms with Gasteiger partial charge in [0.15, 0.2) is 0 Å². The molecule has 0 bridgehead atoms. The molecule has 0 N–H and O–H groups in total. The Morgan fingerprint density at radius 1 is 1.19 bits per heavy atom. The van der Waals surface area contributed by atoms with E-state index in [4.69, 9.17) is 4.74 Å². The average Bonchev–Trinajstić information content (AvgIpc) is 2.68. The normalized spacial score (nSPS) is 22.1. The summed E-state index contributed by atoms with van der Waals surface area (Å²) in [4.78, 5) is 18.3. The van der Waals surface area contributed by atoms with Crippen molar-refractivity contribution in [3.05, 3.63) is 29.8 Å². The van der Waals surface area contributed by atoms with Crippen LogP contribution in [-0.4, -0.2) is 74.7 Å². The highest BCUT2D eigenvalue weighted by Crippen LogP contribution is 2.32. The summed E-state index contributed by atoms with van der Waals surface area (Å²) in [7, 11) is 1.52. The maximum atomic E-state index is 12.9. The maximum absolute atomic E-state index is 12.9. The lowest BCUT2D eigenvalue weighted by Crippen LogP contribution is -2.56. The number of methoxy groups -OCH3 is 1. The Bertz CT molecular complexity index is 645. The van der Waals surface area contributed by atoms with Crippen LogP contribution in [0.4, 0.5) is 18.9 Å². The van der Waals surface area contributed by atoms with E-state index in [9.17, 15) is 18.0 Å². The number of ether oxygens (including phenoxy) is 1. The first kappa shape index (κ1) is 19.9. The quantitative estimate of drug-likeness (QED) is 0.798. The topological polar surface area (TPSA) is 36.0 Å². The van der Waals surface area contributed by atoms with Crippen molar-refractivity contribution in [2.45, 2.75) is 25.1 Å². The number of likely N-dealkylation sites (tertiary alicyclic amines) is 1. The molecule has 27 heavy (non-hydrogen) atoms. The Morgan fingerprint density at radius 2 is 1.93 bits per heavy atom. The molecule has 2 fully saturated rings. The number of hydrogen-bond donors (Lipinski definition) is 0. The fourth-order valence-electron chi connectivity index (χ4n) is 3.92. The molecule has 2 aliphatic rings. The molecular weight excluding hydrogens is 359 g/mol. The molecule has 0 saturated carbocycles. The molecule has 0 aromatic heterocycles. The van der Waals surface area contributed by atoms with Gasteiger partial charge in [-0.3, -0.25) is 9.69 Å². The molecule has 5 nitrogen and oxygen atoms in total. The Balaban J connectivity index is 1.57. The predicted octanol–water partition coefficient (Wildman–Crippen LogP) is 2.46. The second-order valence-corrected chi connectivity index (χ2v) is 7.14. The number of alkyl halides is 3. The number of rotatable bonds is 4. The van der Waals surface area contributed by atoms with E-state index in [1.165, 1.54) is 19.2 Å². The molecule has 2 saturated heterocycles. The van der Waals surface area contributed by atoms with Gasteiger partial charge in [-0.1, -0.05) is 6.07 Å². The number of anilines is 1. The fourth-order valence-corrected chi connectivity index (χ4v) is 3.92. The minimum absolute atomic E-state index is 0.0183. The highest BCUT2D eigenvalue weighted by Gasteiger charge is 2.32. The molecule has 3 rings (SSSR count). The van der Waals surface area contributed by atoms with Crippen LogP contribution in [-0.2, 0) is 15.7 Å². The van der Waals surface area contributed by atoms with Gasteiger partial charge in [-0.25, -0.2) is 0 Å². The van der Waals surface area contributed by atoms with Gasteiger partial charge >= 0.3 is 6.18 Å². The highest BCUT2D eigenvalue weighted by atomic mass is 19.4. The summed E-state index contributed by atoms with van der Waals surface area (Å²) in [5.74, 6) is 0.0183. The number of piperazine rings is 1. The first-order valence-corrected chi connectivity index (χ1v) is 9.31. The third kappa shape index (κ3) is 4.93. The number of hydrogen-bond acceptors (Lipinski definition) is 4. The molecule has 2 heterocycles. The van der Waals surface area contributed by atoms with Crippen molar-refractivity contribution < 1.29 is 22.7 Å². The van der Waals surface area contributed by atoms with Crippen molar-refractivity contribution in [1.29, 1.82) is 0 Å². The number of carbonyl (C=O) groups is 1. The lowest BCUT2D eigenvalue weighted by Gasteiger charge is -2.44. The van der Waals surface area contributed by atoms with Crippen molar-refractivity contribution in [3.63, 3.8) is 0 Å². The Morgan fingerprint density at radius 3 is 2.59 bits per heavy atom. The van der Waals surface area contributed by atoms with Crippen LogP contribution in [0.2, 0.25) is 0 Å². The van der Waals surface area contributed by atoms with E-state index in [0.29, 0.717) is 31.4 Å². The van der Waals surface area contributed by atoms with Gasteiger partial charge in [-0.2, -0.15) is 13.2 Å². The van der Waals surface area contributed by atoms with Crippen LogP contribution in [0.15, 0.2) is 24.3 Å². The van der Waals surface area contributed by atoms with E-state index < -0.39 is 11.7 Å². The third-order valence-corrected chi connectivity index (χ3v) is 5.39. The number of carbonyl (C=O) groups excluding carboxylic acids is 1. The lowest BCUT2D eigenvalue weighted by molar-refractivity contribution is -0.138.